The van der Waals surface area contributed by atoms with Crippen LogP contribution in [0.4, 0.5) is 10.5 Å². The van der Waals surface area contributed by atoms with Crippen LogP contribution in [0.5, 0.6) is 5.75 Å². The molecule has 0 spiro atoms. The lowest BCUT2D eigenvalue weighted by Gasteiger charge is -2.27. The zero-order valence-corrected chi connectivity index (χ0v) is 20.3. The Morgan fingerprint density at radius 2 is 1.64 bits per heavy atom. The molecule has 33 heavy (non-hydrogen) atoms. The zero-order chi connectivity index (χ0) is 23.5. The van der Waals surface area contributed by atoms with Crippen molar-refractivity contribution in [3.05, 3.63) is 98.1 Å². The number of urea groups is 1. The van der Waals surface area contributed by atoms with E-state index in [1.807, 2.05) is 56.3 Å². The van der Waals surface area contributed by atoms with Gasteiger partial charge in [0.15, 0.2) is 0 Å². The smallest absolute Gasteiger partial charge is 0.335 e. The molecule has 0 saturated carbocycles. The Morgan fingerprint density at radius 3 is 2.30 bits per heavy atom. The molecule has 166 valence electrons. The highest BCUT2D eigenvalue weighted by atomic mass is 127. The van der Waals surface area contributed by atoms with Gasteiger partial charge in [0.25, 0.3) is 11.8 Å². The first kappa shape index (κ1) is 22.7. The molecule has 4 rings (SSSR count). The second-order valence-corrected chi connectivity index (χ2v) is 8.93. The number of rotatable bonds is 5. The van der Waals surface area contributed by atoms with Gasteiger partial charge in [-0.1, -0.05) is 42.5 Å². The van der Waals surface area contributed by atoms with Crippen molar-refractivity contribution in [2.75, 3.05) is 4.90 Å². The number of hydrogen-bond donors (Lipinski definition) is 1. The van der Waals surface area contributed by atoms with Crippen LogP contribution < -0.4 is 15.0 Å². The maximum absolute atomic E-state index is 13.1. The van der Waals surface area contributed by atoms with E-state index in [1.165, 1.54) is 6.08 Å². The van der Waals surface area contributed by atoms with Crippen LogP contribution in [0, 0.1) is 17.4 Å². The minimum Gasteiger partial charge on any atom is -0.488 e. The van der Waals surface area contributed by atoms with Crippen molar-refractivity contribution in [3.63, 3.8) is 0 Å². The number of barbiturate groups is 1. The summed E-state index contributed by atoms with van der Waals surface area (Å²) < 4.78 is 6.73. The maximum Gasteiger partial charge on any atom is 0.335 e. The molecule has 0 unspecified atom stereocenters. The van der Waals surface area contributed by atoms with E-state index in [-0.39, 0.29) is 5.57 Å². The molecular weight excluding hydrogens is 531 g/mol. The Bertz CT molecular complexity index is 1260. The van der Waals surface area contributed by atoms with E-state index in [2.05, 4.69) is 27.9 Å². The van der Waals surface area contributed by atoms with Crippen molar-refractivity contribution >= 4 is 52.2 Å². The summed E-state index contributed by atoms with van der Waals surface area (Å²) in [6, 6.07) is 19.9. The lowest BCUT2D eigenvalue weighted by atomic mass is 10.1. The van der Waals surface area contributed by atoms with Crippen LogP contribution in [-0.2, 0) is 16.2 Å². The highest BCUT2D eigenvalue weighted by molar-refractivity contribution is 14.1. The van der Waals surface area contributed by atoms with Crippen molar-refractivity contribution in [3.8, 4) is 5.75 Å². The Kier molecular flexibility index (Phi) is 6.60. The number of imide groups is 2. The first-order chi connectivity index (χ1) is 15.8. The molecule has 1 aliphatic heterocycles. The topological polar surface area (TPSA) is 75.7 Å². The number of carbonyl (C=O) groups is 3. The van der Waals surface area contributed by atoms with E-state index in [0.29, 0.717) is 23.6 Å². The number of halogens is 1. The number of nitrogens with zero attached hydrogens (tertiary/aromatic N) is 1. The van der Waals surface area contributed by atoms with Crippen LogP contribution >= 0.6 is 22.6 Å². The quantitative estimate of drug-likeness (QED) is 0.270. The third-order valence-electron chi connectivity index (χ3n) is 5.07. The lowest BCUT2D eigenvalue weighted by Crippen LogP contribution is -2.54. The van der Waals surface area contributed by atoms with Gasteiger partial charge in [-0.05, 0) is 89.0 Å². The third kappa shape index (κ3) is 5.14. The normalized spacial score (nSPS) is 15.1. The molecule has 0 atom stereocenters. The Morgan fingerprint density at radius 1 is 0.939 bits per heavy atom. The van der Waals surface area contributed by atoms with Gasteiger partial charge in [-0.3, -0.25) is 14.9 Å². The highest BCUT2D eigenvalue weighted by Crippen LogP contribution is 2.27. The molecule has 1 aliphatic rings. The van der Waals surface area contributed by atoms with Crippen molar-refractivity contribution in [1.82, 2.24) is 5.32 Å². The number of anilines is 1. The van der Waals surface area contributed by atoms with Gasteiger partial charge in [0, 0.05) is 0 Å². The molecule has 0 bridgehead atoms. The fourth-order valence-electron chi connectivity index (χ4n) is 3.60. The minimum absolute atomic E-state index is 0.109. The molecule has 3 aromatic rings. The van der Waals surface area contributed by atoms with Crippen LogP contribution in [0.25, 0.3) is 6.08 Å². The van der Waals surface area contributed by atoms with Gasteiger partial charge in [0.2, 0.25) is 0 Å². The van der Waals surface area contributed by atoms with Gasteiger partial charge in [0.1, 0.15) is 17.9 Å². The van der Waals surface area contributed by atoms with E-state index in [9.17, 15) is 14.4 Å². The first-order valence-corrected chi connectivity index (χ1v) is 11.4. The third-order valence-corrected chi connectivity index (χ3v) is 5.91. The van der Waals surface area contributed by atoms with Gasteiger partial charge >= 0.3 is 6.03 Å². The van der Waals surface area contributed by atoms with E-state index in [4.69, 9.17) is 4.74 Å². The number of amides is 4. The Hall–Kier alpha value is -3.46. The molecule has 0 aliphatic carbocycles. The van der Waals surface area contributed by atoms with E-state index in [1.54, 1.807) is 24.3 Å². The summed E-state index contributed by atoms with van der Waals surface area (Å²) in [4.78, 5) is 39.0. The Balaban J connectivity index is 1.59. The number of benzene rings is 3. The predicted octanol–water partition coefficient (Wildman–Crippen LogP) is 5.15. The number of nitrogens with one attached hydrogen (secondary N) is 1. The lowest BCUT2D eigenvalue weighted by molar-refractivity contribution is -0.122. The number of hydrogen-bond acceptors (Lipinski definition) is 4. The molecule has 6 nitrogen and oxygen atoms in total. The molecule has 1 fully saturated rings. The molecule has 1 heterocycles. The van der Waals surface area contributed by atoms with E-state index >= 15 is 0 Å². The minimum atomic E-state index is -0.758. The van der Waals surface area contributed by atoms with Crippen molar-refractivity contribution in [2.45, 2.75) is 20.5 Å². The SMILES string of the molecule is Cc1cc(C)cc(N2C(=O)NC(=O)/C(=C\c3ccc(OCc4ccccc4)c(I)c3)C2=O)c1. The predicted molar refractivity (Wildman–Crippen MR) is 135 cm³/mol. The maximum atomic E-state index is 13.1. The van der Waals surface area contributed by atoms with Crippen LogP contribution in [0.15, 0.2) is 72.3 Å². The summed E-state index contributed by atoms with van der Waals surface area (Å²) >= 11 is 2.15. The van der Waals surface area contributed by atoms with Crippen LogP contribution in [0.3, 0.4) is 0 Å². The zero-order valence-electron chi connectivity index (χ0n) is 18.1. The summed E-state index contributed by atoms with van der Waals surface area (Å²) in [7, 11) is 0. The summed E-state index contributed by atoms with van der Waals surface area (Å²) in [5.74, 6) is -0.675. The van der Waals surface area contributed by atoms with Gasteiger partial charge in [0.05, 0.1) is 9.26 Å². The number of ether oxygens (including phenoxy) is 1. The van der Waals surface area contributed by atoms with Crippen molar-refractivity contribution < 1.29 is 19.1 Å². The number of aryl methyl sites for hydroxylation is 2. The fraction of sp³-hybridized carbons (Fsp3) is 0.115. The van der Waals surface area contributed by atoms with Crippen LogP contribution in [-0.4, -0.2) is 17.8 Å². The van der Waals surface area contributed by atoms with E-state index in [0.717, 1.165) is 25.2 Å². The van der Waals surface area contributed by atoms with Crippen molar-refractivity contribution in [2.24, 2.45) is 0 Å². The molecular formula is C26H21IN2O4. The average molecular weight is 552 g/mol. The first-order valence-electron chi connectivity index (χ1n) is 10.3. The van der Waals surface area contributed by atoms with E-state index < -0.39 is 17.8 Å². The highest BCUT2D eigenvalue weighted by Gasteiger charge is 2.37. The molecule has 0 aromatic heterocycles. The van der Waals surface area contributed by atoms with Gasteiger partial charge in [-0.15, -0.1) is 0 Å². The summed E-state index contributed by atoms with van der Waals surface area (Å²) in [6.45, 7) is 4.20. The van der Waals surface area contributed by atoms with Gasteiger partial charge in [-0.2, -0.15) is 0 Å². The summed E-state index contributed by atoms with van der Waals surface area (Å²) in [5, 5.41) is 2.26. The Labute approximate surface area is 205 Å². The standard InChI is InChI=1S/C26H21IN2O4/c1-16-10-17(2)12-20(11-16)29-25(31)21(24(30)28-26(29)32)13-19-8-9-23(22(27)14-19)33-15-18-6-4-3-5-7-18/h3-14H,15H2,1-2H3,(H,28,30,32)/b21-13+. The molecule has 7 heteroatoms. The fourth-order valence-corrected chi connectivity index (χ4v) is 4.29. The van der Waals surface area contributed by atoms with Gasteiger partial charge in [-0.25, -0.2) is 9.69 Å². The molecule has 0 radical (unpaired) electrons. The molecule has 1 N–H and O–H groups in total. The summed E-state index contributed by atoms with van der Waals surface area (Å²) in [5.41, 5.74) is 3.84. The summed E-state index contributed by atoms with van der Waals surface area (Å²) in [6.07, 6.45) is 1.49. The number of carbonyl (C=O) groups excluding carboxylic acids is 3. The second kappa shape index (κ2) is 9.58. The average Bonchev–Trinajstić information content (AvgIpc) is 2.76. The molecule has 1 saturated heterocycles. The second-order valence-electron chi connectivity index (χ2n) is 7.77. The molecule has 4 amide bonds. The van der Waals surface area contributed by atoms with Crippen molar-refractivity contribution in [1.29, 1.82) is 0 Å². The van der Waals surface area contributed by atoms with Crippen LogP contribution in [0.2, 0.25) is 0 Å². The molecule has 3 aromatic carbocycles. The monoisotopic (exact) mass is 552 g/mol. The largest absolute Gasteiger partial charge is 0.488 e. The van der Waals surface area contributed by atoms with Crippen LogP contribution in [0.1, 0.15) is 22.3 Å². The van der Waals surface area contributed by atoms with Gasteiger partial charge < -0.3 is 4.74 Å².